The Kier molecular flexibility index (Phi) is 8.06. The van der Waals surface area contributed by atoms with Crippen molar-refractivity contribution < 1.29 is 49.0 Å². The maximum absolute atomic E-state index is 12.1. The Balaban J connectivity index is 1.67. The summed E-state index contributed by atoms with van der Waals surface area (Å²) < 4.78 is 22.1. The first-order valence-electron chi connectivity index (χ1n) is 10.7. The SMILES string of the molecule is CC(C)CC(=O)OC1OC=C(COC2OC(CO)C(O)C(=O)C2O)C2CCC(CO)C12. The quantitative estimate of drug-likeness (QED) is 0.360. The van der Waals surface area contributed by atoms with Gasteiger partial charge in [0.1, 0.15) is 12.2 Å². The monoisotopic (exact) mass is 444 g/mol. The van der Waals surface area contributed by atoms with Crippen molar-refractivity contribution >= 4 is 11.8 Å². The van der Waals surface area contributed by atoms with Crippen LogP contribution in [-0.2, 0) is 28.5 Å². The summed E-state index contributed by atoms with van der Waals surface area (Å²) in [5.74, 6) is -1.50. The van der Waals surface area contributed by atoms with E-state index in [4.69, 9.17) is 18.9 Å². The van der Waals surface area contributed by atoms with E-state index >= 15 is 0 Å². The van der Waals surface area contributed by atoms with Crippen molar-refractivity contribution in [2.75, 3.05) is 19.8 Å². The van der Waals surface area contributed by atoms with Gasteiger partial charge in [-0.15, -0.1) is 0 Å². The molecule has 1 saturated carbocycles. The van der Waals surface area contributed by atoms with Crippen LogP contribution in [0.25, 0.3) is 0 Å². The fraction of sp³-hybridized carbons (Fsp3) is 0.810. The normalized spacial score (nSPS) is 37.9. The highest BCUT2D eigenvalue weighted by Gasteiger charge is 2.48. The molecule has 0 aromatic rings. The van der Waals surface area contributed by atoms with Gasteiger partial charge in [-0.25, -0.2) is 0 Å². The zero-order valence-corrected chi connectivity index (χ0v) is 17.8. The molecular weight excluding hydrogens is 412 g/mol. The Bertz CT molecular complexity index is 677. The van der Waals surface area contributed by atoms with E-state index in [-0.39, 0.29) is 49.3 Å². The first-order valence-corrected chi connectivity index (χ1v) is 10.7. The van der Waals surface area contributed by atoms with Crippen LogP contribution in [0.2, 0.25) is 0 Å². The van der Waals surface area contributed by atoms with Crippen LogP contribution in [0.3, 0.4) is 0 Å². The van der Waals surface area contributed by atoms with Gasteiger partial charge in [0.2, 0.25) is 6.29 Å². The lowest BCUT2D eigenvalue weighted by Gasteiger charge is -2.38. The maximum Gasteiger partial charge on any atom is 0.309 e. The predicted octanol–water partition coefficient (Wildman–Crippen LogP) is -0.525. The minimum absolute atomic E-state index is 0.0325. The highest BCUT2D eigenvalue weighted by atomic mass is 16.7. The van der Waals surface area contributed by atoms with E-state index in [9.17, 15) is 30.0 Å². The average Bonchev–Trinajstić information content (AvgIpc) is 3.17. The van der Waals surface area contributed by atoms with Crippen LogP contribution < -0.4 is 0 Å². The van der Waals surface area contributed by atoms with Crippen LogP contribution in [0.1, 0.15) is 33.1 Å². The number of carbonyl (C=O) groups is 2. The number of aliphatic hydroxyl groups excluding tert-OH is 4. The Morgan fingerprint density at radius 3 is 2.55 bits per heavy atom. The van der Waals surface area contributed by atoms with Crippen LogP contribution >= 0.6 is 0 Å². The van der Waals surface area contributed by atoms with Gasteiger partial charge >= 0.3 is 5.97 Å². The number of ether oxygens (including phenoxy) is 4. The smallest absolute Gasteiger partial charge is 0.309 e. The Labute approximate surface area is 180 Å². The van der Waals surface area contributed by atoms with Gasteiger partial charge in [0.25, 0.3) is 0 Å². The van der Waals surface area contributed by atoms with E-state index in [2.05, 4.69) is 0 Å². The predicted molar refractivity (Wildman–Crippen MR) is 104 cm³/mol. The van der Waals surface area contributed by atoms with Crippen molar-refractivity contribution in [1.82, 2.24) is 0 Å². The average molecular weight is 444 g/mol. The Hall–Kier alpha value is -1.56. The number of ketones is 1. The topological polar surface area (TPSA) is 152 Å². The summed E-state index contributed by atoms with van der Waals surface area (Å²) in [6, 6.07) is 0. The fourth-order valence-electron chi connectivity index (χ4n) is 4.52. The first kappa shape index (κ1) is 24.1. The number of hydrogen-bond acceptors (Lipinski definition) is 10. The van der Waals surface area contributed by atoms with Gasteiger partial charge in [-0.3, -0.25) is 9.59 Å². The van der Waals surface area contributed by atoms with Gasteiger partial charge in [-0.2, -0.15) is 0 Å². The summed E-state index contributed by atoms with van der Waals surface area (Å²) in [6.45, 7) is 3.14. The number of esters is 1. The largest absolute Gasteiger partial charge is 0.462 e. The number of rotatable bonds is 8. The van der Waals surface area contributed by atoms with Crippen molar-refractivity contribution in [3.63, 3.8) is 0 Å². The second-order valence-corrected chi connectivity index (χ2v) is 8.82. The molecular formula is C21H32O10. The Morgan fingerprint density at radius 1 is 1.16 bits per heavy atom. The van der Waals surface area contributed by atoms with E-state index in [1.54, 1.807) is 0 Å². The minimum Gasteiger partial charge on any atom is -0.462 e. The summed E-state index contributed by atoms with van der Waals surface area (Å²) in [6.07, 6.45) is -3.44. The van der Waals surface area contributed by atoms with Crippen LogP contribution in [0.4, 0.5) is 0 Å². The molecule has 1 saturated heterocycles. The van der Waals surface area contributed by atoms with Crippen molar-refractivity contribution in [2.45, 2.75) is 64.0 Å². The summed E-state index contributed by atoms with van der Waals surface area (Å²) in [4.78, 5) is 24.1. The van der Waals surface area contributed by atoms with Crippen LogP contribution in [-0.4, -0.2) is 82.9 Å². The van der Waals surface area contributed by atoms with Gasteiger partial charge in [0.15, 0.2) is 18.2 Å². The maximum atomic E-state index is 12.1. The third-order valence-corrected chi connectivity index (χ3v) is 6.15. The Morgan fingerprint density at radius 2 is 1.90 bits per heavy atom. The summed E-state index contributed by atoms with van der Waals surface area (Å²) in [5.41, 5.74) is 0.729. The molecule has 2 fully saturated rings. The number of Topliss-reactive ketones (excluding diaryl/α,β-unsaturated/α-hetero) is 1. The molecule has 0 aromatic carbocycles. The summed E-state index contributed by atoms with van der Waals surface area (Å²) in [7, 11) is 0. The van der Waals surface area contributed by atoms with Crippen LogP contribution in [0, 0.1) is 23.7 Å². The molecule has 10 nitrogen and oxygen atoms in total. The highest BCUT2D eigenvalue weighted by molar-refractivity contribution is 5.88. The van der Waals surface area contributed by atoms with Crippen molar-refractivity contribution in [2.24, 2.45) is 23.7 Å². The zero-order valence-electron chi connectivity index (χ0n) is 17.8. The van der Waals surface area contributed by atoms with E-state index in [0.29, 0.717) is 0 Å². The molecule has 4 N–H and O–H groups in total. The molecule has 3 rings (SSSR count). The molecule has 3 aliphatic rings. The second-order valence-electron chi connectivity index (χ2n) is 8.82. The van der Waals surface area contributed by atoms with E-state index in [1.165, 1.54) is 6.26 Å². The number of hydrogen-bond donors (Lipinski definition) is 4. The van der Waals surface area contributed by atoms with Gasteiger partial charge in [0, 0.05) is 18.9 Å². The van der Waals surface area contributed by atoms with Gasteiger partial charge in [-0.05, 0) is 36.2 Å². The summed E-state index contributed by atoms with van der Waals surface area (Å²) >= 11 is 0. The molecule has 0 aromatic heterocycles. The standard InChI is InChI=1S/C21H32O10/c1-10(2)5-15(24)31-20-16-11(6-22)3-4-13(16)12(8-28-20)9-29-21-19(27)18(26)17(25)14(7-23)30-21/h8,10-11,13-14,16-17,19-23,25,27H,3-7,9H2,1-2H3. The van der Waals surface area contributed by atoms with Crippen LogP contribution in [0.15, 0.2) is 11.8 Å². The van der Waals surface area contributed by atoms with Crippen molar-refractivity contribution in [3.05, 3.63) is 11.8 Å². The van der Waals surface area contributed by atoms with E-state index < -0.39 is 43.3 Å². The van der Waals surface area contributed by atoms with Crippen molar-refractivity contribution in [1.29, 1.82) is 0 Å². The highest BCUT2D eigenvalue weighted by Crippen LogP contribution is 2.47. The van der Waals surface area contributed by atoms with Gasteiger partial charge in [-0.1, -0.05) is 13.8 Å². The molecule has 10 heteroatoms. The van der Waals surface area contributed by atoms with Crippen molar-refractivity contribution in [3.8, 4) is 0 Å². The minimum atomic E-state index is -1.68. The summed E-state index contributed by atoms with van der Waals surface area (Å²) in [5, 5.41) is 38.8. The molecule has 8 unspecified atom stereocenters. The lowest BCUT2D eigenvalue weighted by atomic mass is 9.83. The van der Waals surface area contributed by atoms with E-state index in [1.807, 2.05) is 13.8 Å². The fourth-order valence-corrected chi connectivity index (χ4v) is 4.52. The zero-order chi connectivity index (χ0) is 22.7. The molecule has 2 heterocycles. The molecule has 1 aliphatic carbocycles. The molecule has 0 radical (unpaired) electrons. The molecule has 176 valence electrons. The van der Waals surface area contributed by atoms with Gasteiger partial charge in [0.05, 0.1) is 19.5 Å². The second kappa shape index (κ2) is 10.4. The number of fused-ring (bicyclic) bond motifs is 1. The van der Waals surface area contributed by atoms with E-state index in [0.717, 1.165) is 18.4 Å². The van der Waals surface area contributed by atoms with Crippen LogP contribution in [0.5, 0.6) is 0 Å². The third-order valence-electron chi connectivity index (χ3n) is 6.15. The molecule has 0 bridgehead atoms. The number of carbonyl (C=O) groups excluding carboxylic acids is 2. The molecule has 31 heavy (non-hydrogen) atoms. The first-order chi connectivity index (χ1) is 14.8. The number of aliphatic hydroxyl groups is 4. The third kappa shape index (κ3) is 5.27. The molecule has 8 atom stereocenters. The molecule has 2 aliphatic heterocycles. The molecule has 0 spiro atoms. The molecule has 0 amide bonds. The lowest BCUT2D eigenvalue weighted by molar-refractivity contribution is -0.254. The van der Waals surface area contributed by atoms with Gasteiger partial charge < -0.3 is 39.4 Å². The lowest BCUT2D eigenvalue weighted by Crippen LogP contribution is -2.56.